The van der Waals surface area contributed by atoms with Crippen molar-refractivity contribution in [2.45, 2.75) is 46.5 Å². The monoisotopic (exact) mass is 373 g/mol. The topological polar surface area (TPSA) is 85.9 Å². The van der Waals surface area contributed by atoms with Gasteiger partial charge in [0.1, 0.15) is 6.54 Å². The van der Waals surface area contributed by atoms with Gasteiger partial charge in [0, 0.05) is 23.2 Å². The third kappa shape index (κ3) is 5.74. The molecule has 0 saturated carbocycles. The largest absolute Gasteiger partial charge is 0.493 e. The van der Waals surface area contributed by atoms with Gasteiger partial charge in [-0.05, 0) is 55.7 Å². The summed E-state index contributed by atoms with van der Waals surface area (Å²) in [7, 11) is 3.25. The lowest BCUT2D eigenvalue weighted by Gasteiger charge is -2.31. The van der Waals surface area contributed by atoms with Gasteiger partial charge < -0.3 is 20.5 Å². The highest BCUT2D eigenvalue weighted by Gasteiger charge is 2.25. The average molecular weight is 373 g/mol. The second-order valence-corrected chi connectivity index (χ2v) is 7.72. The Morgan fingerprint density at radius 2 is 1.96 bits per heavy atom. The van der Waals surface area contributed by atoms with Gasteiger partial charge >= 0.3 is 0 Å². The molecule has 3 N–H and O–H groups in total. The maximum atomic E-state index is 11.2. The molecule has 2 rings (SSSR count). The Kier molecular flexibility index (Phi) is 6.88. The van der Waals surface area contributed by atoms with E-state index in [9.17, 15) is 4.79 Å². The van der Waals surface area contributed by atoms with Gasteiger partial charge in [0.2, 0.25) is 5.91 Å². The molecule has 1 amide bonds. The zero-order valence-corrected chi connectivity index (χ0v) is 17.0. The van der Waals surface area contributed by atoms with Crippen LogP contribution in [0, 0.1) is 5.41 Å². The Labute approximate surface area is 161 Å². The van der Waals surface area contributed by atoms with Crippen molar-refractivity contribution >= 4 is 17.3 Å². The summed E-state index contributed by atoms with van der Waals surface area (Å²) in [5.41, 5.74) is 9.52. The summed E-state index contributed by atoms with van der Waals surface area (Å²) in [5, 5.41) is 3.54. The van der Waals surface area contributed by atoms with Crippen LogP contribution in [0.1, 0.15) is 46.5 Å². The summed E-state index contributed by atoms with van der Waals surface area (Å²) in [4.78, 5) is 15.6. The second kappa shape index (κ2) is 8.93. The first-order valence-electron chi connectivity index (χ1n) is 9.26. The van der Waals surface area contributed by atoms with E-state index >= 15 is 0 Å². The predicted molar refractivity (Wildman–Crippen MR) is 110 cm³/mol. The zero-order valence-electron chi connectivity index (χ0n) is 17.0. The molecule has 0 spiro atoms. The number of amides is 1. The number of allylic oxidation sites excluding steroid dienone is 2. The molecule has 1 aromatic rings. The van der Waals surface area contributed by atoms with Gasteiger partial charge in [-0.3, -0.25) is 9.79 Å². The van der Waals surface area contributed by atoms with Crippen LogP contribution in [0.4, 0.5) is 5.69 Å². The number of carbonyl (C=O) groups is 1. The number of benzene rings is 1. The molecule has 6 nitrogen and oxygen atoms in total. The lowest BCUT2D eigenvalue weighted by Crippen LogP contribution is -2.23. The molecular weight excluding hydrogens is 342 g/mol. The fourth-order valence-electron chi connectivity index (χ4n) is 3.39. The minimum atomic E-state index is -0.410. The molecule has 1 aliphatic carbocycles. The van der Waals surface area contributed by atoms with Crippen LogP contribution in [-0.4, -0.2) is 32.4 Å². The number of methoxy groups -OCH3 is 2. The number of aliphatic imine (C=N–C) groups is 1. The molecule has 0 radical (unpaired) electrons. The van der Waals surface area contributed by atoms with Crippen molar-refractivity contribution in [1.82, 2.24) is 0 Å². The number of carbonyl (C=O) groups excluding carboxylic acids is 1. The molecular formula is C21H31N3O3. The average Bonchev–Trinajstić information content (AvgIpc) is 2.62. The lowest BCUT2D eigenvalue weighted by molar-refractivity contribution is -0.116. The Bertz CT molecular complexity index is 751. The smallest absolute Gasteiger partial charge is 0.239 e. The Hall–Kier alpha value is -2.50. The first-order valence-corrected chi connectivity index (χ1v) is 9.26. The summed E-state index contributed by atoms with van der Waals surface area (Å²) >= 11 is 0. The molecule has 0 heterocycles. The molecule has 0 unspecified atom stereocenters. The number of rotatable bonds is 6. The standard InChI is InChI=1S/C21H31N3O3/c1-14-16(23-13-20(22)25)7-6-10-21(2,3)12-17(14)24-15-8-9-18(26-4)19(11-15)27-5/h8-9,11,24H,6-7,10,12-13H2,1-5H3,(H2,22,25)/b17-14+,23-16?. The van der Waals surface area contributed by atoms with E-state index in [-0.39, 0.29) is 12.0 Å². The number of ether oxygens (including phenoxy) is 2. The number of nitrogens with zero attached hydrogens (tertiary/aromatic N) is 1. The highest BCUT2D eigenvalue weighted by molar-refractivity contribution is 6.01. The van der Waals surface area contributed by atoms with Crippen LogP contribution in [0.25, 0.3) is 0 Å². The van der Waals surface area contributed by atoms with E-state index in [1.54, 1.807) is 14.2 Å². The number of anilines is 1. The molecule has 0 aromatic heterocycles. The number of primary amides is 1. The van der Waals surface area contributed by atoms with Crippen LogP contribution in [-0.2, 0) is 4.79 Å². The molecule has 1 aromatic carbocycles. The Morgan fingerprint density at radius 1 is 1.26 bits per heavy atom. The van der Waals surface area contributed by atoms with Gasteiger partial charge in [0.05, 0.1) is 14.2 Å². The van der Waals surface area contributed by atoms with E-state index < -0.39 is 5.91 Å². The van der Waals surface area contributed by atoms with E-state index in [4.69, 9.17) is 15.2 Å². The van der Waals surface area contributed by atoms with Gasteiger partial charge in [-0.2, -0.15) is 0 Å². The maximum Gasteiger partial charge on any atom is 0.239 e. The van der Waals surface area contributed by atoms with Crippen LogP contribution in [0.3, 0.4) is 0 Å². The molecule has 6 heteroatoms. The highest BCUT2D eigenvalue weighted by Crippen LogP contribution is 2.37. The molecule has 0 bridgehead atoms. The van der Waals surface area contributed by atoms with E-state index in [2.05, 4.69) is 31.1 Å². The minimum absolute atomic E-state index is 0.0275. The Morgan fingerprint density at radius 3 is 2.59 bits per heavy atom. The summed E-state index contributed by atoms with van der Waals surface area (Å²) < 4.78 is 10.7. The van der Waals surface area contributed by atoms with Crippen LogP contribution in [0.5, 0.6) is 11.5 Å². The fraction of sp³-hybridized carbons (Fsp3) is 0.524. The van der Waals surface area contributed by atoms with Crippen molar-refractivity contribution < 1.29 is 14.3 Å². The van der Waals surface area contributed by atoms with Gasteiger partial charge in [0.15, 0.2) is 11.5 Å². The van der Waals surface area contributed by atoms with E-state index in [1.807, 2.05) is 18.2 Å². The van der Waals surface area contributed by atoms with Gasteiger partial charge in [0.25, 0.3) is 0 Å². The van der Waals surface area contributed by atoms with Crippen molar-refractivity contribution in [2.75, 3.05) is 26.1 Å². The summed E-state index contributed by atoms with van der Waals surface area (Å²) in [6, 6.07) is 5.77. The van der Waals surface area contributed by atoms with Crippen LogP contribution in [0.15, 0.2) is 34.5 Å². The fourth-order valence-corrected chi connectivity index (χ4v) is 3.39. The summed E-state index contributed by atoms with van der Waals surface area (Å²) in [6.45, 7) is 6.65. The molecule has 0 saturated heterocycles. The first-order chi connectivity index (χ1) is 12.8. The number of hydrogen-bond donors (Lipinski definition) is 2. The predicted octanol–water partition coefficient (Wildman–Crippen LogP) is 3.92. The van der Waals surface area contributed by atoms with Crippen LogP contribution in [0.2, 0.25) is 0 Å². The van der Waals surface area contributed by atoms with E-state index in [1.165, 1.54) is 0 Å². The third-order valence-corrected chi connectivity index (χ3v) is 4.91. The molecule has 27 heavy (non-hydrogen) atoms. The lowest BCUT2D eigenvalue weighted by atomic mass is 9.79. The number of nitrogens with one attached hydrogen (secondary N) is 1. The van der Waals surface area contributed by atoms with Crippen molar-refractivity contribution in [3.05, 3.63) is 29.5 Å². The summed E-state index contributed by atoms with van der Waals surface area (Å²) in [5.74, 6) is 0.955. The van der Waals surface area contributed by atoms with E-state index in [0.717, 1.165) is 48.4 Å². The summed E-state index contributed by atoms with van der Waals surface area (Å²) in [6.07, 6.45) is 3.88. The van der Waals surface area contributed by atoms with Crippen molar-refractivity contribution in [3.8, 4) is 11.5 Å². The highest BCUT2D eigenvalue weighted by atomic mass is 16.5. The van der Waals surface area contributed by atoms with E-state index in [0.29, 0.717) is 11.5 Å². The second-order valence-electron chi connectivity index (χ2n) is 7.72. The minimum Gasteiger partial charge on any atom is -0.493 e. The quantitative estimate of drug-likeness (QED) is 0.791. The molecule has 148 valence electrons. The van der Waals surface area contributed by atoms with Crippen molar-refractivity contribution in [1.29, 1.82) is 0 Å². The molecule has 0 atom stereocenters. The molecule has 0 aliphatic heterocycles. The zero-order chi connectivity index (χ0) is 20.0. The normalized spacial score (nSPS) is 21.3. The number of nitrogens with two attached hydrogens (primary N) is 1. The molecule has 1 aliphatic rings. The van der Waals surface area contributed by atoms with Gasteiger partial charge in [-0.15, -0.1) is 0 Å². The van der Waals surface area contributed by atoms with Crippen LogP contribution < -0.4 is 20.5 Å². The van der Waals surface area contributed by atoms with Gasteiger partial charge in [-0.25, -0.2) is 0 Å². The third-order valence-electron chi connectivity index (χ3n) is 4.91. The van der Waals surface area contributed by atoms with Crippen molar-refractivity contribution in [2.24, 2.45) is 16.1 Å². The van der Waals surface area contributed by atoms with Crippen LogP contribution >= 0.6 is 0 Å². The Balaban J connectivity index is 2.40. The van der Waals surface area contributed by atoms with Gasteiger partial charge in [-0.1, -0.05) is 13.8 Å². The first kappa shape index (κ1) is 20.8. The van der Waals surface area contributed by atoms with Crippen molar-refractivity contribution in [3.63, 3.8) is 0 Å². The SMILES string of the molecule is COc1ccc(N/C2=C(\C)C(=NCC(N)=O)CCCC(C)(C)C2)cc1OC. The number of hydrogen-bond acceptors (Lipinski definition) is 5. The molecule has 0 fully saturated rings. The maximum absolute atomic E-state index is 11.2.